The van der Waals surface area contributed by atoms with Crippen LogP contribution in [0.4, 0.5) is 5.69 Å². The zero-order chi connectivity index (χ0) is 10.6. The van der Waals surface area contributed by atoms with E-state index in [2.05, 4.69) is 5.18 Å². The third kappa shape index (κ3) is 2.25. The van der Waals surface area contributed by atoms with Crippen molar-refractivity contribution in [2.45, 2.75) is 25.7 Å². The van der Waals surface area contributed by atoms with Gasteiger partial charge in [-0.05, 0) is 28.3 Å². The fraction of sp³-hybridized carbons (Fsp3) is 0.364. The van der Waals surface area contributed by atoms with Crippen LogP contribution in [0.5, 0.6) is 0 Å². The van der Waals surface area contributed by atoms with Gasteiger partial charge in [-0.1, -0.05) is 26.0 Å². The van der Waals surface area contributed by atoms with Crippen LogP contribution in [0.3, 0.4) is 0 Å². The van der Waals surface area contributed by atoms with Crippen molar-refractivity contribution in [2.75, 3.05) is 0 Å². The van der Waals surface area contributed by atoms with Gasteiger partial charge in [0, 0.05) is 6.42 Å². The number of rotatable bonds is 4. The molecule has 0 heterocycles. The monoisotopic (exact) mass is 191 g/mol. The molecule has 0 spiro atoms. The molecule has 1 rings (SSSR count). The number of hydrogen-bond acceptors (Lipinski definition) is 3. The summed E-state index contributed by atoms with van der Waals surface area (Å²) in [7, 11) is 0. The molecule has 0 aliphatic rings. The Kier molecular flexibility index (Phi) is 3.12. The van der Waals surface area contributed by atoms with Gasteiger partial charge in [0.1, 0.15) is 12.0 Å². The first-order chi connectivity index (χ1) is 6.60. The van der Waals surface area contributed by atoms with Gasteiger partial charge >= 0.3 is 0 Å². The molecule has 0 unspecified atom stereocenters. The van der Waals surface area contributed by atoms with Gasteiger partial charge in [0.25, 0.3) is 0 Å². The summed E-state index contributed by atoms with van der Waals surface area (Å²) in [6, 6.07) is 6.99. The Hall–Kier alpha value is -1.51. The van der Waals surface area contributed by atoms with E-state index >= 15 is 0 Å². The van der Waals surface area contributed by atoms with E-state index in [0.29, 0.717) is 12.1 Å². The molecule has 0 saturated heterocycles. The highest BCUT2D eigenvalue weighted by atomic mass is 16.3. The fourth-order valence-electron chi connectivity index (χ4n) is 1.30. The Bertz CT molecular complexity index is 328. The van der Waals surface area contributed by atoms with Crippen LogP contribution >= 0.6 is 0 Å². The van der Waals surface area contributed by atoms with Crippen molar-refractivity contribution in [3.8, 4) is 0 Å². The van der Waals surface area contributed by atoms with Crippen molar-refractivity contribution >= 4 is 12.0 Å². The maximum absolute atomic E-state index is 10.4. The van der Waals surface area contributed by atoms with Crippen LogP contribution in [0.25, 0.3) is 0 Å². The van der Waals surface area contributed by atoms with Gasteiger partial charge < -0.3 is 4.79 Å². The summed E-state index contributed by atoms with van der Waals surface area (Å²) in [5, 5.41) is 2.82. The lowest BCUT2D eigenvalue weighted by molar-refractivity contribution is -0.108. The van der Waals surface area contributed by atoms with E-state index in [4.69, 9.17) is 0 Å². The Labute approximate surface area is 83.1 Å². The largest absolute Gasteiger partial charge is 0.303 e. The van der Waals surface area contributed by atoms with Crippen molar-refractivity contribution in [1.82, 2.24) is 0 Å². The lowest BCUT2D eigenvalue weighted by Crippen LogP contribution is -2.17. The number of benzene rings is 1. The number of nitroso groups, excluding NO2 is 1. The SMILES string of the molecule is CC(C)(CC=O)c1ccc(N=O)cc1. The van der Waals surface area contributed by atoms with Crippen LogP contribution in [-0.2, 0) is 10.2 Å². The highest BCUT2D eigenvalue weighted by molar-refractivity contribution is 5.53. The molecule has 0 atom stereocenters. The molecule has 0 N–H and O–H groups in total. The van der Waals surface area contributed by atoms with E-state index in [9.17, 15) is 9.70 Å². The predicted molar refractivity (Wildman–Crippen MR) is 55.6 cm³/mol. The van der Waals surface area contributed by atoms with Crippen molar-refractivity contribution in [1.29, 1.82) is 0 Å². The lowest BCUT2D eigenvalue weighted by Gasteiger charge is -2.22. The van der Waals surface area contributed by atoms with Crippen LogP contribution in [-0.4, -0.2) is 6.29 Å². The molecular weight excluding hydrogens is 178 g/mol. The highest BCUT2D eigenvalue weighted by Crippen LogP contribution is 2.27. The smallest absolute Gasteiger partial charge is 0.120 e. The van der Waals surface area contributed by atoms with E-state index in [0.717, 1.165) is 11.8 Å². The van der Waals surface area contributed by atoms with E-state index in [-0.39, 0.29) is 5.41 Å². The van der Waals surface area contributed by atoms with Gasteiger partial charge in [0.05, 0.1) is 0 Å². The fourth-order valence-corrected chi connectivity index (χ4v) is 1.30. The van der Waals surface area contributed by atoms with Crippen molar-refractivity contribution < 1.29 is 4.79 Å². The van der Waals surface area contributed by atoms with E-state index in [1.165, 1.54) is 0 Å². The Morgan fingerprint density at radius 1 is 1.29 bits per heavy atom. The molecule has 0 bridgehead atoms. The number of carbonyl (C=O) groups excluding carboxylic acids is 1. The second-order valence-electron chi connectivity index (χ2n) is 3.89. The molecule has 0 amide bonds. The molecule has 0 aromatic heterocycles. The third-order valence-electron chi connectivity index (χ3n) is 2.35. The zero-order valence-electron chi connectivity index (χ0n) is 8.36. The minimum absolute atomic E-state index is 0.177. The first kappa shape index (κ1) is 10.6. The van der Waals surface area contributed by atoms with Crippen LogP contribution in [0.2, 0.25) is 0 Å². The summed E-state index contributed by atoms with van der Waals surface area (Å²) in [4.78, 5) is 20.6. The van der Waals surface area contributed by atoms with Gasteiger partial charge in [0.2, 0.25) is 0 Å². The van der Waals surface area contributed by atoms with Crippen molar-refractivity contribution in [3.05, 3.63) is 34.7 Å². The molecule has 0 aliphatic heterocycles. The van der Waals surface area contributed by atoms with Crippen LogP contribution in [0, 0.1) is 4.91 Å². The summed E-state index contributed by atoms with van der Waals surface area (Å²) >= 11 is 0. The van der Waals surface area contributed by atoms with Gasteiger partial charge in [0.15, 0.2) is 0 Å². The molecule has 74 valence electrons. The standard InChI is InChI=1S/C11H13NO2/c1-11(2,7-8-13)9-3-5-10(12-14)6-4-9/h3-6,8H,7H2,1-2H3. The minimum Gasteiger partial charge on any atom is -0.303 e. The third-order valence-corrected chi connectivity index (χ3v) is 2.35. The molecule has 0 saturated carbocycles. The summed E-state index contributed by atoms with van der Waals surface area (Å²) in [5.41, 5.74) is 1.27. The summed E-state index contributed by atoms with van der Waals surface area (Å²) in [6.45, 7) is 3.98. The average molecular weight is 191 g/mol. The van der Waals surface area contributed by atoms with Crippen LogP contribution in [0.15, 0.2) is 29.4 Å². The molecule has 1 aromatic carbocycles. The zero-order valence-corrected chi connectivity index (χ0v) is 8.36. The molecular formula is C11H13NO2. The number of aldehydes is 1. The Morgan fingerprint density at radius 3 is 2.29 bits per heavy atom. The maximum Gasteiger partial charge on any atom is 0.120 e. The second-order valence-corrected chi connectivity index (χ2v) is 3.89. The highest BCUT2D eigenvalue weighted by Gasteiger charge is 2.19. The number of carbonyl (C=O) groups is 1. The molecule has 0 aliphatic carbocycles. The minimum atomic E-state index is -0.177. The van der Waals surface area contributed by atoms with Crippen LogP contribution in [0.1, 0.15) is 25.8 Å². The molecule has 0 radical (unpaired) electrons. The summed E-state index contributed by atoms with van der Waals surface area (Å²) < 4.78 is 0. The quantitative estimate of drug-likeness (QED) is 0.542. The van der Waals surface area contributed by atoms with Gasteiger partial charge in [-0.25, -0.2) is 0 Å². The van der Waals surface area contributed by atoms with Crippen LogP contribution < -0.4 is 0 Å². The molecule has 3 heteroatoms. The maximum atomic E-state index is 10.4. The normalized spacial score (nSPS) is 11.0. The van der Waals surface area contributed by atoms with Gasteiger partial charge in [-0.15, -0.1) is 4.91 Å². The van der Waals surface area contributed by atoms with Gasteiger partial charge in [-0.3, -0.25) is 0 Å². The summed E-state index contributed by atoms with van der Waals surface area (Å²) in [5.74, 6) is 0. The number of hydrogen-bond donors (Lipinski definition) is 0. The van der Waals surface area contributed by atoms with Crippen molar-refractivity contribution in [3.63, 3.8) is 0 Å². The Morgan fingerprint density at radius 2 is 1.86 bits per heavy atom. The Balaban J connectivity index is 2.95. The van der Waals surface area contributed by atoms with E-state index < -0.39 is 0 Å². The topological polar surface area (TPSA) is 46.5 Å². The lowest BCUT2D eigenvalue weighted by atomic mass is 9.82. The summed E-state index contributed by atoms with van der Waals surface area (Å²) in [6.07, 6.45) is 1.38. The molecule has 3 nitrogen and oxygen atoms in total. The second kappa shape index (κ2) is 4.13. The molecule has 1 aromatic rings. The first-order valence-electron chi connectivity index (χ1n) is 4.48. The van der Waals surface area contributed by atoms with Gasteiger partial charge in [-0.2, -0.15) is 0 Å². The van der Waals surface area contributed by atoms with E-state index in [1.807, 2.05) is 26.0 Å². The van der Waals surface area contributed by atoms with Crippen molar-refractivity contribution in [2.24, 2.45) is 5.18 Å². The molecule has 0 fully saturated rings. The predicted octanol–water partition coefficient (Wildman–Crippen LogP) is 2.95. The molecule has 14 heavy (non-hydrogen) atoms. The first-order valence-corrected chi connectivity index (χ1v) is 4.48. The number of nitrogens with zero attached hydrogens (tertiary/aromatic N) is 1. The van der Waals surface area contributed by atoms with E-state index in [1.54, 1.807) is 12.1 Å². The average Bonchev–Trinajstić information content (AvgIpc) is 2.18.